The maximum absolute atomic E-state index is 12.7. The van der Waals surface area contributed by atoms with Crippen molar-refractivity contribution in [3.8, 4) is 0 Å². The van der Waals surface area contributed by atoms with Gasteiger partial charge in [-0.15, -0.1) is 0 Å². The van der Waals surface area contributed by atoms with Crippen molar-refractivity contribution < 1.29 is 37.0 Å². The van der Waals surface area contributed by atoms with E-state index in [4.69, 9.17) is 9.47 Å². The van der Waals surface area contributed by atoms with E-state index in [1.54, 1.807) is 0 Å². The van der Waals surface area contributed by atoms with Gasteiger partial charge in [-0.25, -0.2) is 9.59 Å². The number of nitrogens with one attached hydrogen (secondary N) is 1. The third kappa shape index (κ3) is 5.21. The lowest BCUT2D eigenvalue weighted by atomic mass is 9.90. The Kier molecular flexibility index (Phi) is 7.17. The highest BCUT2D eigenvalue weighted by atomic mass is 19.4. The minimum atomic E-state index is -4.52. The SMILES string of the molecule is CCOC(=O)C(Cc1ccc(C(F)(F)F)cc1)(NC(C)=O)C(=O)OCC. The molecule has 1 aromatic rings. The summed E-state index contributed by atoms with van der Waals surface area (Å²) >= 11 is 0. The zero-order valence-electron chi connectivity index (χ0n) is 14.6. The highest BCUT2D eigenvalue weighted by molar-refractivity contribution is 6.08. The zero-order valence-corrected chi connectivity index (χ0v) is 14.6. The van der Waals surface area contributed by atoms with E-state index >= 15 is 0 Å². The number of benzene rings is 1. The summed E-state index contributed by atoms with van der Waals surface area (Å²) in [6.45, 7) is 4.00. The molecule has 0 aliphatic heterocycles. The van der Waals surface area contributed by atoms with E-state index in [1.165, 1.54) is 13.8 Å². The third-order valence-corrected chi connectivity index (χ3v) is 3.39. The molecule has 0 aromatic heterocycles. The summed E-state index contributed by atoms with van der Waals surface area (Å²) in [5.74, 6) is -2.79. The molecule has 0 atom stereocenters. The molecule has 144 valence electrons. The van der Waals surface area contributed by atoms with Gasteiger partial charge in [-0.2, -0.15) is 13.2 Å². The molecule has 0 fully saturated rings. The lowest BCUT2D eigenvalue weighted by molar-refractivity contribution is -0.168. The summed E-state index contributed by atoms with van der Waals surface area (Å²) in [6.07, 6.45) is -4.93. The molecule has 6 nitrogen and oxygen atoms in total. The molecule has 0 heterocycles. The number of carbonyl (C=O) groups excluding carboxylic acids is 3. The van der Waals surface area contributed by atoms with Crippen LogP contribution in [0.4, 0.5) is 13.2 Å². The van der Waals surface area contributed by atoms with E-state index in [2.05, 4.69) is 5.32 Å². The van der Waals surface area contributed by atoms with Crippen LogP contribution in [0.1, 0.15) is 31.9 Å². The van der Waals surface area contributed by atoms with Gasteiger partial charge in [0.1, 0.15) is 0 Å². The van der Waals surface area contributed by atoms with Crippen LogP contribution in [-0.2, 0) is 36.5 Å². The standard InChI is InChI=1S/C17H20F3NO5/c1-4-25-14(23)16(21-11(3)22,15(24)26-5-2)10-12-6-8-13(9-7-12)17(18,19)20/h6-9H,4-5,10H2,1-3H3,(H,21,22). The molecule has 1 aromatic carbocycles. The summed E-state index contributed by atoms with van der Waals surface area (Å²) in [4.78, 5) is 36.4. The van der Waals surface area contributed by atoms with Crippen LogP contribution in [0.25, 0.3) is 0 Å². The van der Waals surface area contributed by atoms with Crippen LogP contribution in [0.5, 0.6) is 0 Å². The number of rotatable bonds is 7. The van der Waals surface area contributed by atoms with Crippen LogP contribution in [0, 0.1) is 0 Å². The van der Waals surface area contributed by atoms with E-state index in [0.29, 0.717) is 0 Å². The van der Waals surface area contributed by atoms with Gasteiger partial charge >= 0.3 is 18.1 Å². The Labute approximate surface area is 148 Å². The third-order valence-electron chi connectivity index (χ3n) is 3.39. The first-order valence-corrected chi connectivity index (χ1v) is 7.86. The normalized spacial score (nSPS) is 11.6. The minimum Gasteiger partial charge on any atom is -0.464 e. The maximum Gasteiger partial charge on any atom is 0.416 e. The van der Waals surface area contributed by atoms with Crippen molar-refractivity contribution in [2.45, 2.75) is 38.9 Å². The Bertz CT molecular complexity index is 637. The molecular formula is C17H20F3NO5. The van der Waals surface area contributed by atoms with Gasteiger partial charge in [-0.05, 0) is 31.5 Å². The van der Waals surface area contributed by atoms with Gasteiger partial charge in [-0.3, -0.25) is 4.79 Å². The fourth-order valence-corrected chi connectivity index (χ4v) is 2.30. The molecule has 1 N–H and O–H groups in total. The second kappa shape index (κ2) is 8.68. The van der Waals surface area contributed by atoms with Crippen LogP contribution in [0.15, 0.2) is 24.3 Å². The highest BCUT2D eigenvalue weighted by Crippen LogP contribution is 2.30. The zero-order chi connectivity index (χ0) is 20.0. The largest absolute Gasteiger partial charge is 0.464 e. The Morgan fingerprint density at radius 2 is 1.42 bits per heavy atom. The molecule has 0 saturated heterocycles. The summed E-state index contributed by atoms with van der Waals surface area (Å²) in [6, 6.07) is 3.89. The topological polar surface area (TPSA) is 81.7 Å². The number of hydrogen-bond acceptors (Lipinski definition) is 5. The Hall–Kier alpha value is -2.58. The van der Waals surface area contributed by atoms with Crippen molar-refractivity contribution in [3.05, 3.63) is 35.4 Å². The highest BCUT2D eigenvalue weighted by Gasteiger charge is 2.50. The smallest absolute Gasteiger partial charge is 0.416 e. The average molecular weight is 375 g/mol. The molecule has 0 aliphatic carbocycles. The lowest BCUT2D eigenvalue weighted by Crippen LogP contribution is -2.62. The number of halogens is 3. The monoisotopic (exact) mass is 375 g/mol. The van der Waals surface area contributed by atoms with Crippen LogP contribution in [0.3, 0.4) is 0 Å². The summed E-state index contributed by atoms with van der Waals surface area (Å²) in [5.41, 5.74) is -2.84. The molecule has 0 aliphatic rings. The van der Waals surface area contributed by atoms with Crippen molar-refractivity contribution in [2.24, 2.45) is 0 Å². The number of alkyl halides is 3. The van der Waals surface area contributed by atoms with E-state index in [1.807, 2.05) is 0 Å². The molecule has 0 unspecified atom stereocenters. The second-order valence-electron chi connectivity index (χ2n) is 5.40. The van der Waals surface area contributed by atoms with Crippen LogP contribution < -0.4 is 5.32 Å². The number of amides is 1. The molecule has 0 saturated carbocycles. The molecule has 1 amide bonds. The molecule has 0 spiro atoms. The average Bonchev–Trinajstić information content (AvgIpc) is 2.53. The van der Waals surface area contributed by atoms with E-state index in [9.17, 15) is 27.6 Å². The first kappa shape index (κ1) is 21.5. The van der Waals surface area contributed by atoms with Gasteiger partial charge in [0.15, 0.2) is 0 Å². The quantitative estimate of drug-likeness (QED) is 0.584. The van der Waals surface area contributed by atoms with Crippen molar-refractivity contribution in [1.29, 1.82) is 0 Å². The van der Waals surface area contributed by atoms with Crippen LogP contribution in [0.2, 0.25) is 0 Å². The number of esters is 2. The Morgan fingerprint density at radius 1 is 0.962 bits per heavy atom. The summed E-state index contributed by atoms with van der Waals surface area (Å²) in [7, 11) is 0. The summed E-state index contributed by atoms with van der Waals surface area (Å²) < 4.78 is 47.8. The summed E-state index contributed by atoms with van der Waals surface area (Å²) in [5, 5.41) is 2.25. The molecule has 0 bridgehead atoms. The first-order valence-electron chi connectivity index (χ1n) is 7.86. The van der Waals surface area contributed by atoms with Gasteiger partial charge in [0.05, 0.1) is 18.8 Å². The van der Waals surface area contributed by atoms with Crippen molar-refractivity contribution in [1.82, 2.24) is 5.32 Å². The number of hydrogen-bond donors (Lipinski definition) is 1. The second-order valence-corrected chi connectivity index (χ2v) is 5.40. The molecule has 0 radical (unpaired) electrons. The Morgan fingerprint density at radius 3 is 1.77 bits per heavy atom. The predicted molar refractivity (Wildman–Crippen MR) is 85.0 cm³/mol. The number of ether oxygens (including phenoxy) is 2. The molecular weight excluding hydrogens is 355 g/mol. The predicted octanol–water partition coefficient (Wildman–Crippen LogP) is 2.25. The van der Waals surface area contributed by atoms with Crippen molar-refractivity contribution in [3.63, 3.8) is 0 Å². The van der Waals surface area contributed by atoms with E-state index in [0.717, 1.165) is 31.2 Å². The van der Waals surface area contributed by atoms with Gasteiger partial charge in [0, 0.05) is 13.3 Å². The van der Waals surface area contributed by atoms with Gasteiger partial charge in [-0.1, -0.05) is 12.1 Å². The van der Waals surface area contributed by atoms with Crippen LogP contribution >= 0.6 is 0 Å². The molecule has 9 heteroatoms. The first-order chi connectivity index (χ1) is 12.1. The van der Waals surface area contributed by atoms with Crippen molar-refractivity contribution >= 4 is 17.8 Å². The molecule has 1 rings (SSSR count). The van der Waals surface area contributed by atoms with Gasteiger partial charge < -0.3 is 14.8 Å². The van der Waals surface area contributed by atoms with E-state index < -0.39 is 41.5 Å². The van der Waals surface area contributed by atoms with Crippen molar-refractivity contribution in [2.75, 3.05) is 13.2 Å². The van der Waals surface area contributed by atoms with Gasteiger partial charge in [0.25, 0.3) is 0 Å². The number of carbonyl (C=O) groups is 3. The lowest BCUT2D eigenvalue weighted by Gasteiger charge is -2.29. The minimum absolute atomic E-state index is 0.0629. The van der Waals surface area contributed by atoms with E-state index in [-0.39, 0.29) is 18.8 Å². The molecule has 26 heavy (non-hydrogen) atoms. The maximum atomic E-state index is 12.7. The Balaban J connectivity index is 3.31. The fourth-order valence-electron chi connectivity index (χ4n) is 2.30. The van der Waals surface area contributed by atoms with Gasteiger partial charge in [0.2, 0.25) is 11.4 Å². The van der Waals surface area contributed by atoms with Crippen LogP contribution in [-0.4, -0.2) is 36.6 Å². The fraction of sp³-hybridized carbons (Fsp3) is 0.471.